The number of nitrogens with one attached hydrogen (secondary N) is 3. The van der Waals surface area contributed by atoms with Gasteiger partial charge in [-0.15, -0.1) is 24.0 Å². The van der Waals surface area contributed by atoms with Crippen molar-refractivity contribution in [2.45, 2.75) is 58.4 Å². The number of amides is 1. The number of guanidine groups is 1. The summed E-state index contributed by atoms with van der Waals surface area (Å²) in [4.78, 5) is 16.7. The van der Waals surface area contributed by atoms with Crippen LogP contribution < -0.4 is 16.0 Å². The van der Waals surface area contributed by atoms with E-state index >= 15 is 0 Å². The molecule has 1 amide bonds. The van der Waals surface area contributed by atoms with Crippen LogP contribution in [0.25, 0.3) is 0 Å². The third-order valence-corrected chi connectivity index (χ3v) is 5.01. The zero-order valence-corrected chi connectivity index (χ0v) is 20.8. The van der Waals surface area contributed by atoms with Gasteiger partial charge in [0, 0.05) is 25.6 Å². The number of hydrogen-bond acceptors (Lipinski definition) is 3. The molecule has 0 spiro atoms. The molecule has 182 valence electrons. The lowest BCUT2D eigenvalue weighted by atomic mass is 9.89. The van der Waals surface area contributed by atoms with Crippen LogP contribution in [0, 0.1) is 5.92 Å². The van der Waals surface area contributed by atoms with E-state index in [0.29, 0.717) is 37.7 Å². The molecule has 1 saturated carbocycles. The standard InChI is InChI=1S/C22H33F3N4O2.HI/c1-2-26-21(28-13-12-27-20(30)19-6-4-3-5-7-19)29-14-17-8-10-18(11-9-17)15-31-16-22(23,24)25;/h8-11,19H,2-7,12-16H2,1H3,(H,27,30)(H2,26,28,29);1H. The van der Waals surface area contributed by atoms with Crippen molar-refractivity contribution in [2.24, 2.45) is 10.9 Å². The molecule has 1 aliphatic carbocycles. The highest BCUT2D eigenvalue weighted by Crippen LogP contribution is 2.23. The largest absolute Gasteiger partial charge is 0.411 e. The van der Waals surface area contributed by atoms with E-state index in [0.717, 1.165) is 31.2 Å². The third kappa shape index (κ3) is 11.9. The number of ether oxygens (including phenoxy) is 1. The van der Waals surface area contributed by atoms with Crippen LogP contribution in [0.4, 0.5) is 13.2 Å². The van der Waals surface area contributed by atoms with Crippen LogP contribution in [0.15, 0.2) is 29.3 Å². The van der Waals surface area contributed by atoms with Crippen LogP contribution in [0.2, 0.25) is 0 Å². The van der Waals surface area contributed by atoms with E-state index in [-0.39, 0.29) is 42.4 Å². The Bertz CT molecular complexity index is 693. The Kier molecular flexibility index (Phi) is 13.6. The lowest BCUT2D eigenvalue weighted by Gasteiger charge is -2.21. The van der Waals surface area contributed by atoms with E-state index in [4.69, 9.17) is 0 Å². The van der Waals surface area contributed by atoms with Gasteiger partial charge < -0.3 is 20.7 Å². The normalized spacial score (nSPS) is 15.1. The van der Waals surface area contributed by atoms with Crippen molar-refractivity contribution in [1.82, 2.24) is 16.0 Å². The van der Waals surface area contributed by atoms with E-state index < -0.39 is 12.8 Å². The number of rotatable bonds is 10. The maximum atomic E-state index is 12.2. The van der Waals surface area contributed by atoms with Crippen LogP contribution in [0.3, 0.4) is 0 Å². The summed E-state index contributed by atoms with van der Waals surface area (Å²) in [5.74, 6) is 0.937. The van der Waals surface area contributed by atoms with Gasteiger partial charge in [-0.1, -0.05) is 43.5 Å². The van der Waals surface area contributed by atoms with E-state index in [1.54, 1.807) is 12.1 Å². The second kappa shape index (κ2) is 15.3. The van der Waals surface area contributed by atoms with Crippen molar-refractivity contribution in [1.29, 1.82) is 0 Å². The van der Waals surface area contributed by atoms with E-state index in [2.05, 4.69) is 25.7 Å². The van der Waals surface area contributed by atoms with Gasteiger partial charge in [0.1, 0.15) is 6.61 Å². The smallest absolute Gasteiger partial charge is 0.367 e. The average Bonchev–Trinajstić information content (AvgIpc) is 2.75. The van der Waals surface area contributed by atoms with Gasteiger partial charge in [-0.2, -0.15) is 13.2 Å². The molecule has 32 heavy (non-hydrogen) atoms. The first-order chi connectivity index (χ1) is 14.9. The number of halogens is 4. The number of alkyl halides is 3. The van der Waals surface area contributed by atoms with Crippen molar-refractivity contribution < 1.29 is 22.7 Å². The predicted molar refractivity (Wildman–Crippen MR) is 130 cm³/mol. The number of hydrogen-bond donors (Lipinski definition) is 3. The summed E-state index contributed by atoms with van der Waals surface area (Å²) in [6, 6.07) is 7.12. The van der Waals surface area contributed by atoms with E-state index in [9.17, 15) is 18.0 Å². The van der Waals surface area contributed by atoms with Crippen molar-refractivity contribution in [3.05, 3.63) is 35.4 Å². The highest BCUT2D eigenvalue weighted by Gasteiger charge is 2.27. The molecule has 6 nitrogen and oxygen atoms in total. The first kappa shape index (κ1) is 28.5. The number of carbonyl (C=O) groups excluding carboxylic acids is 1. The molecule has 0 aromatic heterocycles. The Labute approximate surface area is 205 Å². The van der Waals surface area contributed by atoms with Gasteiger partial charge in [0.05, 0.1) is 13.2 Å². The Balaban J connectivity index is 0.00000512. The molecule has 0 radical (unpaired) electrons. The Morgan fingerprint density at radius 3 is 2.28 bits per heavy atom. The van der Waals surface area contributed by atoms with Crippen molar-refractivity contribution in [3.63, 3.8) is 0 Å². The first-order valence-electron chi connectivity index (χ1n) is 10.9. The zero-order valence-electron chi connectivity index (χ0n) is 18.5. The van der Waals surface area contributed by atoms with Gasteiger partial charge in [-0.25, -0.2) is 4.99 Å². The van der Waals surface area contributed by atoms with Crippen LogP contribution in [0.5, 0.6) is 0 Å². The van der Waals surface area contributed by atoms with Crippen molar-refractivity contribution >= 4 is 35.8 Å². The molecule has 10 heteroatoms. The molecule has 1 fully saturated rings. The summed E-state index contributed by atoms with van der Waals surface area (Å²) in [5.41, 5.74) is 1.61. The fourth-order valence-electron chi connectivity index (χ4n) is 3.41. The van der Waals surface area contributed by atoms with Crippen LogP contribution in [-0.2, 0) is 22.7 Å². The molecule has 2 rings (SSSR count). The molecule has 1 aromatic rings. The fourth-order valence-corrected chi connectivity index (χ4v) is 3.41. The van der Waals surface area contributed by atoms with Gasteiger partial charge in [-0.05, 0) is 30.9 Å². The maximum absolute atomic E-state index is 12.2. The molecule has 0 saturated heterocycles. The van der Waals surface area contributed by atoms with Crippen LogP contribution >= 0.6 is 24.0 Å². The second-order valence-electron chi connectivity index (χ2n) is 7.67. The van der Waals surface area contributed by atoms with Gasteiger partial charge in [-0.3, -0.25) is 4.79 Å². The third-order valence-electron chi connectivity index (χ3n) is 5.01. The van der Waals surface area contributed by atoms with Crippen LogP contribution in [0.1, 0.15) is 50.2 Å². The number of carbonyl (C=O) groups is 1. The quantitative estimate of drug-likeness (QED) is 0.171. The molecule has 0 bridgehead atoms. The molecule has 0 heterocycles. The molecule has 0 atom stereocenters. The van der Waals surface area contributed by atoms with E-state index in [1.807, 2.05) is 19.1 Å². The van der Waals surface area contributed by atoms with Crippen LogP contribution in [-0.4, -0.2) is 44.3 Å². The first-order valence-corrected chi connectivity index (χ1v) is 10.9. The Morgan fingerprint density at radius 2 is 1.66 bits per heavy atom. The monoisotopic (exact) mass is 570 g/mol. The summed E-state index contributed by atoms with van der Waals surface area (Å²) in [6.07, 6.45) is 1.14. The lowest BCUT2D eigenvalue weighted by Crippen LogP contribution is -2.42. The average molecular weight is 570 g/mol. The number of nitrogens with zero attached hydrogens (tertiary/aromatic N) is 1. The van der Waals surface area contributed by atoms with Crippen molar-refractivity contribution in [3.8, 4) is 0 Å². The van der Waals surface area contributed by atoms with Gasteiger partial charge >= 0.3 is 6.18 Å². The zero-order chi connectivity index (χ0) is 22.5. The molecule has 3 N–H and O–H groups in total. The van der Waals surface area contributed by atoms with Gasteiger partial charge in [0.2, 0.25) is 5.91 Å². The minimum Gasteiger partial charge on any atom is -0.367 e. The van der Waals surface area contributed by atoms with Gasteiger partial charge in [0.15, 0.2) is 5.96 Å². The Morgan fingerprint density at radius 1 is 1.03 bits per heavy atom. The molecular formula is C22H34F3IN4O2. The minimum atomic E-state index is -4.32. The topological polar surface area (TPSA) is 74.8 Å². The summed E-state index contributed by atoms with van der Waals surface area (Å²) in [7, 11) is 0. The predicted octanol–water partition coefficient (Wildman–Crippen LogP) is 4.14. The van der Waals surface area contributed by atoms with Crippen molar-refractivity contribution in [2.75, 3.05) is 26.2 Å². The molecule has 0 aliphatic heterocycles. The van der Waals surface area contributed by atoms with Gasteiger partial charge in [0.25, 0.3) is 0 Å². The summed E-state index contributed by atoms with van der Waals surface area (Å²) >= 11 is 0. The number of benzene rings is 1. The highest BCUT2D eigenvalue weighted by atomic mass is 127. The molecule has 0 unspecified atom stereocenters. The summed E-state index contributed by atoms with van der Waals surface area (Å²) in [5, 5.41) is 9.35. The second-order valence-corrected chi connectivity index (χ2v) is 7.67. The highest BCUT2D eigenvalue weighted by molar-refractivity contribution is 14.0. The summed E-state index contributed by atoms with van der Waals surface area (Å²) < 4.78 is 41.0. The number of aliphatic imine (C=N–C) groups is 1. The molecular weight excluding hydrogens is 536 g/mol. The Hall–Kier alpha value is -1.56. The maximum Gasteiger partial charge on any atom is 0.411 e. The fraction of sp³-hybridized carbons (Fsp3) is 0.636. The summed E-state index contributed by atoms with van der Waals surface area (Å²) in [6.45, 7) is 2.87. The van der Waals surface area contributed by atoms with E-state index in [1.165, 1.54) is 6.42 Å². The lowest BCUT2D eigenvalue weighted by molar-refractivity contribution is -0.176. The SMILES string of the molecule is CCNC(=NCc1ccc(COCC(F)(F)F)cc1)NCCNC(=O)C1CCCCC1.I. The minimum absolute atomic E-state index is 0. The molecule has 1 aliphatic rings. The molecule has 1 aromatic carbocycles.